The first-order chi connectivity index (χ1) is 6.47. The molecule has 0 aromatic rings. The van der Waals surface area contributed by atoms with Gasteiger partial charge in [0.1, 0.15) is 0 Å². The Labute approximate surface area is 91.4 Å². The molecule has 1 amide bonds. The largest absolute Gasteiger partial charge is 0.386 e. The summed E-state index contributed by atoms with van der Waals surface area (Å²) < 4.78 is 0. The summed E-state index contributed by atoms with van der Waals surface area (Å²) in [7, 11) is 0. The van der Waals surface area contributed by atoms with Crippen molar-refractivity contribution in [2.75, 3.05) is 13.1 Å². The molecule has 0 radical (unpaired) electrons. The molecule has 1 saturated heterocycles. The Balaban J connectivity index is 2.71. The van der Waals surface area contributed by atoms with Crippen LogP contribution in [0.25, 0.3) is 0 Å². The molecule has 0 aromatic carbocycles. The van der Waals surface area contributed by atoms with Crippen LogP contribution in [0.15, 0.2) is 0 Å². The predicted molar refractivity (Wildman–Crippen MR) is 59.3 cm³/mol. The number of rotatable bonds is 2. The molecule has 4 heteroatoms. The SMILES string of the molecule is CC1(O)CN(C(=O)C(C)(C)C(C)(C)N)C1. The van der Waals surface area contributed by atoms with Gasteiger partial charge in [-0.1, -0.05) is 0 Å². The summed E-state index contributed by atoms with van der Waals surface area (Å²) >= 11 is 0. The number of hydrogen-bond donors (Lipinski definition) is 2. The van der Waals surface area contributed by atoms with Crippen LogP contribution in [-0.4, -0.2) is 40.1 Å². The maximum atomic E-state index is 12.1. The highest BCUT2D eigenvalue weighted by molar-refractivity contribution is 5.84. The van der Waals surface area contributed by atoms with Gasteiger partial charge in [0, 0.05) is 5.54 Å². The molecule has 0 unspecified atom stereocenters. The normalized spacial score (nSPS) is 21.1. The molecular weight excluding hydrogens is 192 g/mol. The van der Waals surface area contributed by atoms with Crippen molar-refractivity contribution in [2.24, 2.45) is 11.1 Å². The minimum absolute atomic E-state index is 0.0153. The Morgan fingerprint density at radius 3 is 2.00 bits per heavy atom. The molecule has 15 heavy (non-hydrogen) atoms. The van der Waals surface area contributed by atoms with Gasteiger partial charge in [0.15, 0.2) is 0 Å². The lowest BCUT2D eigenvalue weighted by Crippen LogP contribution is -2.67. The van der Waals surface area contributed by atoms with Crippen LogP contribution in [0.1, 0.15) is 34.6 Å². The second kappa shape index (κ2) is 3.19. The maximum absolute atomic E-state index is 12.1. The van der Waals surface area contributed by atoms with Crippen molar-refractivity contribution in [1.82, 2.24) is 4.90 Å². The van der Waals surface area contributed by atoms with Gasteiger partial charge in [-0.15, -0.1) is 0 Å². The minimum Gasteiger partial charge on any atom is -0.386 e. The summed E-state index contributed by atoms with van der Waals surface area (Å²) in [6.45, 7) is 9.95. The van der Waals surface area contributed by atoms with Crippen LogP contribution in [-0.2, 0) is 4.79 Å². The van der Waals surface area contributed by atoms with E-state index in [0.717, 1.165) is 0 Å². The Kier molecular flexibility index (Phi) is 2.65. The first-order valence-electron chi connectivity index (χ1n) is 5.28. The zero-order chi connectivity index (χ0) is 12.1. The third kappa shape index (κ3) is 2.16. The molecule has 1 heterocycles. The second-order valence-corrected chi connectivity index (χ2v) is 6.00. The van der Waals surface area contributed by atoms with E-state index in [1.54, 1.807) is 11.8 Å². The highest BCUT2D eigenvalue weighted by Gasteiger charge is 2.48. The van der Waals surface area contributed by atoms with E-state index in [1.165, 1.54) is 0 Å². The van der Waals surface area contributed by atoms with Crippen LogP contribution in [0.3, 0.4) is 0 Å². The smallest absolute Gasteiger partial charge is 0.230 e. The average molecular weight is 214 g/mol. The van der Waals surface area contributed by atoms with Crippen molar-refractivity contribution in [1.29, 1.82) is 0 Å². The lowest BCUT2D eigenvalue weighted by molar-refractivity contribution is -0.164. The van der Waals surface area contributed by atoms with Crippen molar-refractivity contribution >= 4 is 5.91 Å². The highest BCUT2D eigenvalue weighted by Crippen LogP contribution is 2.33. The molecule has 0 saturated carbocycles. The van der Waals surface area contributed by atoms with E-state index >= 15 is 0 Å². The summed E-state index contributed by atoms with van der Waals surface area (Å²) in [5.74, 6) is 0.0153. The molecule has 88 valence electrons. The molecule has 0 atom stereocenters. The standard InChI is InChI=1S/C11H22N2O2/c1-9(2,10(3,4)12)8(14)13-6-11(5,15)7-13/h15H,6-7,12H2,1-5H3. The molecule has 1 fully saturated rings. The lowest BCUT2D eigenvalue weighted by Gasteiger charge is -2.49. The fraction of sp³-hybridized carbons (Fsp3) is 0.909. The number of nitrogens with two attached hydrogens (primary N) is 1. The van der Waals surface area contributed by atoms with Crippen molar-refractivity contribution in [2.45, 2.75) is 45.8 Å². The number of β-amino-alcohol motifs (C(OH)–C–C–N with tert-alkyl or cyclic N) is 1. The summed E-state index contributed by atoms with van der Waals surface area (Å²) in [6.07, 6.45) is 0. The second-order valence-electron chi connectivity index (χ2n) is 6.00. The lowest BCUT2D eigenvalue weighted by atomic mass is 9.73. The summed E-state index contributed by atoms with van der Waals surface area (Å²) in [6, 6.07) is 0. The maximum Gasteiger partial charge on any atom is 0.230 e. The molecule has 1 rings (SSSR count). The van der Waals surface area contributed by atoms with E-state index in [1.807, 2.05) is 27.7 Å². The molecule has 3 N–H and O–H groups in total. The summed E-state index contributed by atoms with van der Waals surface area (Å²) in [5.41, 5.74) is 4.10. The topological polar surface area (TPSA) is 66.6 Å². The van der Waals surface area contributed by atoms with Gasteiger partial charge in [-0.05, 0) is 34.6 Å². The Morgan fingerprint density at radius 2 is 1.73 bits per heavy atom. The summed E-state index contributed by atoms with van der Waals surface area (Å²) in [4.78, 5) is 13.8. The quantitative estimate of drug-likeness (QED) is 0.696. The van der Waals surface area contributed by atoms with Crippen molar-refractivity contribution in [3.8, 4) is 0 Å². The monoisotopic (exact) mass is 214 g/mol. The number of likely N-dealkylation sites (tertiary alicyclic amines) is 1. The van der Waals surface area contributed by atoms with E-state index in [4.69, 9.17) is 5.73 Å². The van der Waals surface area contributed by atoms with E-state index in [-0.39, 0.29) is 5.91 Å². The first kappa shape index (κ1) is 12.5. The van der Waals surface area contributed by atoms with E-state index < -0.39 is 16.6 Å². The van der Waals surface area contributed by atoms with E-state index in [9.17, 15) is 9.90 Å². The van der Waals surface area contributed by atoms with Gasteiger partial charge in [0.05, 0.1) is 24.1 Å². The van der Waals surface area contributed by atoms with Crippen LogP contribution in [0.4, 0.5) is 0 Å². The number of amides is 1. The summed E-state index contributed by atoms with van der Waals surface area (Å²) in [5, 5.41) is 9.58. The molecule has 1 aliphatic heterocycles. The van der Waals surface area contributed by atoms with E-state index in [0.29, 0.717) is 13.1 Å². The van der Waals surface area contributed by atoms with Crippen LogP contribution in [0.2, 0.25) is 0 Å². The van der Waals surface area contributed by atoms with Crippen LogP contribution in [0, 0.1) is 5.41 Å². The van der Waals surface area contributed by atoms with Crippen LogP contribution >= 0.6 is 0 Å². The van der Waals surface area contributed by atoms with E-state index in [2.05, 4.69) is 0 Å². The van der Waals surface area contributed by atoms with Gasteiger partial charge in [-0.3, -0.25) is 4.79 Å². The number of aliphatic hydroxyl groups is 1. The molecule has 0 bridgehead atoms. The zero-order valence-electron chi connectivity index (χ0n) is 10.3. The number of nitrogens with zero attached hydrogens (tertiary/aromatic N) is 1. The first-order valence-corrected chi connectivity index (χ1v) is 5.28. The van der Waals surface area contributed by atoms with Gasteiger partial charge in [-0.25, -0.2) is 0 Å². The number of carbonyl (C=O) groups excluding carboxylic acids is 1. The molecule has 0 aromatic heterocycles. The average Bonchev–Trinajstić information content (AvgIpc) is 1.96. The Morgan fingerprint density at radius 1 is 1.33 bits per heavy atom. The van der Waals surface area contributed by atoms with Crippen molar-refractivity contribution in [3.63, 3.8) is 0 Å². The van der Waals surface area contributed by atoms with Gasteiger partial charge in [0.25, 0.3) is 0 Å². The van der Waals surface area contributed by atoms with Crippen LogP contribution < -0.4 is 5.73 Å². The Bertz CT molecular complexity index is 269. The third-order valence-electron chi connectivity index (χ3n) is 3.50. The Hall–Kier alpha value is -0.610. The molecule has 4 nitrogen and oxygen atoms in total. The van der Waals surface area contributed by atoms with Gasteiger partial charge in [-0.2, -0.15) is 0 Å². The fourth-order valence-corrected chi connectivity index (χ4v) is 1.59. The van der Waals surface area contributed by atoms with Crippen molar-refractivity contribution < 1.29 is 9.90 Å². The molecule has 0 aliphatic carbocycles. The number of carbonyl (C=O) groups is 1. The number of hydrogen-bond acceptors (Lipinski definition) is 3. The van der Waals surface area contributed by atoms with Gasteiger partial charge < -0.3 is 15.7 Å². The van der Waals surface area contributed by atoms with Gasteiger partial charge in [0.2, 0.25) is 5.91 Å². The van der Waals surface area contributed by atoms with Gasteiger partial charge >= 0.3 is 0 Å². The third-order valence-corrected chi connectivity index (χ3v) is 3.50. The predicted octanol–water partition coefficient (Wildman–Crippen LogP) is 0.343. The van der Waals surface area contributed by atoms with Crippen LogP contribution in [0.5, 0.6) is 0 Å². The fourth-order valence-electron chi connectivity index (χ4n) is 1.59. The zero-order valence-corrected chi connectivity index (χ0v) is 10.3. The molecular formula is C11H22N2O2. The minimum atomic E-state index is -0.718. The van der Waals surface area contributed by atoms with Crippen molar-refractivity contribution in [3.05, 3.63) is 0 Å². The highest BCUT2D eigenvalue weighted by atomic mass is 16.3. The molecule has 0 spiro atoms. The molecule has 1 aliphatic rings.